The average Bonchev–Trinajstić information content (AvgIpc) is 2.39. The van der Waals surface area contributed by atoms with Gasteiger partial charge in [0.05, 0.1) is 20.6 Å². The monoisotopic (exact) mass is 252 g/mol. The highest BCUT2D eigenvalue weighted by Gasteiger charge is 2.07. The predicted octanol–water partition coefficient (Wildman–Crippen LogP) is 0.711. The van der Waals surface area contributed by atoms with Crippen molar-refractivity contribution < 1.29 is 14.3 Å². The molecule has 5 heteroatoms. The predicted molar refractivity (Wildman–Crippen MR) is 69.9 cm³/mol. The highest BCUT2D eigenvalue weighted by atomic mass is 16.5. The van der Waals surface area contributed by atoms with E-state index in [0.29, 0.717) is 31.0 Å². The lowest BCUT2D eigenvalue weighted by molar-refractivity contribution is -0.120. The van der Waals surface area contributed by atoms with Crippen LogP contribution in [-0.4, -0.2) is 33.2 Å². The van der Waals surface area contributed by atoms with Crippen molar-refractivity contribution in [1.82, 2.24) is 5.32 Å². The molecular formula is C13H20N2O3. The van der Waals surface area contributed by atoms with Crippen LogP contribution in [-0.2, 0) is 11.2 Å². The van der Waals surface area contributed by atoms with E-state index in [1.807, 2.05) is 6.07 Å². The van der Waals surface area contributed by atoms with Crippen LogP contribution in [0, 0.1) is 0 Å². The summed E-state index contributed by atoms with van der Waals surface area (Å²) in [5.74, 6) is 1.27. The Balaban J connectivity index is 2.59. The van der Waals surface area contributed by atoms with E-state index < -0.39 is 0 Å². The van der Waals surface area contributed by atoms with E-state index in [0.717, 1.165) is 12.0 Å². The topological polar surface area (TPSA) is 73.6 Å². The molecule has 0 aliphatic rings. The second kappa shape index (κ2) is 7.55. The third kappa shape index (κ3) is 4.25. The molecular weight excluding hydrogens is 232 g/mol. The van der Waals surface area contributed by atoms with E-state index in [1.165, 1.54) is 0 Å². The molecule has 0 unspecified atom stereocenters. The molecule has 1 rings (SSSR count). The summed E-state index contributed by atoms with van der Waals surface area (Å²) in [7, 11) is 3.15. The number of ether oxygens (including phenoxy) is 2. The second-order valence-corrected chi connectivity index (χ2v) is 3.86. The van der Waals surface area contributed by atoms with Crippen molar-refractivity contribution in [2.24, 2.45) is 5.73 Å². The zero-order valence-corrected chi connectivity index (χ0v) is 10.9. The number of hydrogen-bond donors (Lipinski definition) is 2. The van der Waals surface area contributed by atoms with E-state index in [4.69, 9.17) is 15.2 Å². The van der Waals surface area contributed by atoms with Gasteiger partial charge in [-0.15, -0.1) is 0 Å². The van der Waals surface area contributed by atoms with Crippen LogP contribution in [0.5, 0.6) is 11.5 Å². The van der Waals surface area contributed by atoms with Crippen molar-refractivity contribution in [2.45, 2.75) is 12.8 Å². The molecule has 0 aliphatic heterocycles. The molecule has 1 amide bonds. The smallest absolute Gasteiger partial charge is 0.224 e. The quantitative estimate of drug-likeness (QED) is 0.701. The lowest BCUT2D eigenvalue weighted by atomic mass is 10.1. The van der Waals surface area contributed by atoms with Crippen molar-refractivity contribution in [3.63, 3.8) is 0 Å². The first-order chi connectivity index (χ1) is 8.71. The lowest BCUT2D eigenvalue weighted by Gasteiger charge is -2.09. The van der Waals surface area contributed by atoms with Crippen LogP contribution in [0.25, 0.3) is 0 Å². The molecule has 5 nitrogen and oxygen atoms in total. The van der Waals surface area contributed by atoms with Gasteiger partial charge < -0.3 is 20.5 Å². The average molecular weight is 252 g/mol. The molecule has 0 bridgehead atoms. The normalized spacial score (nSPS) is 9.94. The van der Waals surface area contributed by atoms with Gasteiger partial charge in [-0.3, -0.25) is 4.79 Å². The maximum absolute atomic E-state index is 11.6. The van der Waals surface area contributed by atoms with E-state index in [1.54, 1.807) is 26.4 Å². The lowest BCUT2D eigenvalue weighted by Crippen LogP contribution is -2.27. The maximum atomic E-state index is 11.6. The Morgan fingerprint density at radius 2 is 2.00 bits per heavy atom. The summed E-state index contributed by atoms with van der Waals surface area (Å²) in [4.78, 5) is 11.6. The van der Waals surface area contributed by atoms with E-state index in [9.17, 15) is 4.79 Å². The molecule has 3 N–H and O–H groups in total. The van der Waals surface area contributed by atoms with E-state index in [-0.39, 0.29) is 5.91 Å². The SMILES string of the molecule is COc1ccc(CC(=O)NCCCN)cc1OC. The largest absolute Gasteiger partial charge is 0.493 e. The number of methoxy groups -OCH3 is 2. The molecule has 0 aliphatic carbocycles. The van der Waals surface area contributed by atoms with Crippen LogP contribution in [0.2, 0.25) is 0 Å². The summed E-state index contributed by atoms with van der Waals surface area (Å²) >= 11 is 0. The molecule has 1 aromatic rings. The Morgan fingerprint density at radius 1 is 1.28 bits per heavy atom. The molecule has 1 aromatic carbocycles. The van der Waals surface area contributed by atoms with Gasteiger partial charge in [-0.2, -0.15) is 0 Å². The number of carbonyl (C=O) groups excluding carboxylic acids is 1. The first-order valence-corrected chi connectivity index (χ1v) is 5.89. The second-order valence-electron chi connectivity index (χ2n) is 3.86. The number of hydrogen-bond acceptors (Lipinski definition) is 4. The van der Waals surface area contributed by atoms with Gasteiger partial charge in [0, 0.05) is 6.54 Å². The number of rotatable bonds is 7. The van der Waals surface area contributed by atoms with Gasteiger partial charge in [-0.1, -0.05) is 6.07 Å². The molecule has 0 heterocycles. The van der Waals surface area contributed by atoms with Crippen LogP contribution < -0.4 is 20.5 Å². The van der Waals surface area contributed by atoms with Crippen molar-refractivity contribution in [2.75, 3.05) is 27.3 Å². The zero-order valence-electron chi connectivity index (χ0n) is 10.9. The molecule has 0 atom stereocenters. The number of benzene rings is 1. The van der Waals surface area contributed by atoms with Gasteiger partial charge in [0.15, 0.2) is 11.5 Å². The van der Waals surface area contributed by atoms with Crippen LogP contribution >= 0.6 is 0 Å². The van der Waals surface area contributed by atoms with Gasteiger partial charge in [0.2, 0.25) is 5.91 Å². The minimum absolute atomic E-state index is 0.0179. The van der Waals surface area contributed by atoms with E-state index in [2.05, 4.69) is 5.32 Å². The first kappa shape index (κ1) is 14.3. The Morgan fingerprint density at radius 3 is 2.61 bits per heavy atom. The Bertz CT molecular complexity index is 394. The van der Waals surface area contributed by atoms with Crippen LogP contribution in [0.3, 0.4) is 0 Å². The van der Waals surface area contributed by atoms with Crippen molar-refractivity contribution in [3.8, 4) is 11.5 Å². The summed E-state index contributed by atoms with van der Waals surface area (Å²) in [5.41, 5.74) is 6.24. The molecule has 18 heavy (non-hydrogen) atoms. The third-order valence-corrected chi connectivity index (χ3v) is 2.52. The molecule has 0 saturated heterocycles. The van der Waals surface area contributed by atoms with Gasteiger partial charge in [0.1, 0.15) is 0 Å². The third-order valence-electron chi connectivity index (χ3n) is 2.52. The van der Waals surface area contributed by atoms with Crippen molar-refractivity contribution >= 4 is 5.91 Å². The van der Waals surface area contributed by atoms with Gasteiger partial charge in [-0.05, 0) is 30.7 Å². The van der Waals surface area contributed by atoms with E-state index >= 15 is 0 Å². The molecule has 0 radical (unpaired) electrons. The number of nitrogens with one attached hydrogen (secondary N) is 1. The summed E-state index contributed by atoms with van der Waals surface area (Å²) in [6.45, 7) is 1.19. The van der Waals surface area contributed by atoms with Crippen molar-refractivity contribution in [3.05, 3.63) is 23.8 Å². The summed E-state index contributed by atoms with van der Waals surface area (Å²) in [6, 6.07) is 5.45. The first-order valence-electron chi connectivity index (χ1n) is 5.89. The van der Waals surface area contributed by atoms with Crippen LogP contribution in [0.1, 0.15) is 12.0 Å². The summed E-state index contributed by atoms with van der Waals surface area (Å²) in [5, 5.41) is 2.81. The molecule has 100 valence electrons. The number of nitrogens with two attached hydrogens (primary N) is 1. The molecule has 0 fully saturated rings. The number of amides is 1. The molecule has 0 spiro atoms. The minimum Gasteiger partial charge on any atom is -0.493 e. The fourth-order valence-electron chi connectivity index (χ4n) is 1.57. The van der Waals surface area contributed by atoms with Crippen molar-refractivity contribution in [1.29, 1.82) is 0 Å². The minimum atomic E-state index is -0.0179. The fourth-order valence-corrected chi connectivity index (χ4v) is 1.57. The number of carbonyl (C=O) groups is 1. The van der Waals surface area contributed by atoms with Gasteiger partial charge in [-0.25, -0.2) is 0 Å². The van der Waals surface area contributed by atoms with Gasteiger partial charge in [0.25, 0.3) is 0 Å². The Hall–Kier alpha value is -1.75. The molecule has 0 saturated carbocycles. The van der Waals surface area contributed by atoms with Crippen LogP contribution in [0.4, 0.5) is 0 Å². The fraction of sp³-hybridized carbons (Fsp3) is 0.462. The highest BCUT2D eigenvalue weighted by molar-refractivity contribution is 5.78. The summed E-state index contributed by atoms with van der Waals surface area (Å²) < 4.78 is 10.3. The maximum Gasteiger partial charge on any atom is 0.224 e. The standard InChI is InChI=1S/C13H20N2O3/c1-17-11-5-4-10(8-12(11)18-2)9-13(16)15-7-3-6-14/h4-5,8H,3,6-7,9,14H2,1-2H3,(H,15,16). The van der Waals surface area contributed by atoms with Crippen LogP contribution in [0.15, 0.2) is 18.2 Å². The highest BCUT2D eigenvalue weighted by Crippen LogP contribution is 2.27. The Kier molecular flexibility index (Phi) is 6.00. The summed E-state index contributed by atoms with van der Waals surface area (Å²) in [6.07, 6.45) is 1.11. The van der Waals surface area contributed by atoms with Gasteiger partial charge >= 0.3 is 0 Å². The Labute approximate surface area is 107 Å². The molecule has 0 aromatic heterocycles. The zero-order chi connectivity index (χ0) is 13.4.